The zero-order chi connectivity index (χ0) is 8.97. The molecule has 0 saturated carbocycles. The summed E-state index contributed by atoms with van der Waals surface area (Å²) in [6.45, 7) is 1.93. The van der Waals surface area contributed by atoms with Gasteiger partial charge in [0.2, 0.25) is 0 Å². The number of hydrogen-bond donors (Lipinski definition) is 2. The quantitative estimate of drug-likeness (QED) is 0.417. The summed E-state index contributed by atoms with van der Waals surface area (Å²) >= 11 is 6.12. The number of thiocarbonyl (C=S) groups is 1. The maximum absolute atomic E-state index is 5.15. The number of nitrogens with one attached hydrogen (secondary N) is 1. The smallest absolute Gasteiger partial charge is 0.184 e. The van der Waals surface area contributed by atoms with Gasteiger partial charge in [0.1, 0.15) is 0 Å². The first-order valence-corrected chi connectivity index (χ1v) is 4.48. The molecule has 0 amide bonds. The first-order chi connectivity index (χ1) is 5.68. The summed E-state index contributed by atoms with van der Waals surface area (Å²) in [6.07, 6.45) is 1.57. The Morgan fingerprint density at radius 2 is 2.67 bits per heavy atom. The molecule has 0 bridgehead atoms. The van der Waals surface area contributed by atoms with E-state index in [9.17, 15) is 0 Å². The van der Waals surface area contributed by atoms with Crippen molar-refractivity contribution in [2.24, 2.45) is 10.8 Å². The van der Waals surface area contributed by atoms with Crippen LogP contribution in [0, 0.1) is 6.92 Å². The summed E-state index contributed by atoms with van der Waals surface area (Å²) in [5.74, 6) is 0. The van der Waals surface area contributed by atoms with E-state index in [-0.39, 0.29) is 5.11 Å². The molecule has 1 heterocycles. The van der Waals surface area contributed by atoms with E-state index in [0.717, 1.165) is 10.7 Å². The third kappa shape index (κ3) is 2.93. The van der Waals surface area contributed by atoms with E-state index >= 15 is 0 Å². The van der Waals surface area contributed by atoms with Crippen LogP contribution in [0.2, 0.25) is 0 Å². The van der Waals surface area contributed by atoms with E-state index in [0.29, 0.717) is 0 Å². The van der Waals surface area contributed by atoms with Gasteiger partial charge in [-0.1, -0.05) is 0 Å². The highest BCUT2D eigenvalue weighted by atomic mass is 32.1. The predicted octanol–water partition coefficient (Wildman–Crippen LogP) is 0.619. The molecule has 0 aliphatic rings. The Labute approximate surface area is 79.5 Å². The van der Waals surface area contributed by atoms with Gasteiger partial charge >= 0.3 is 0 Å². The van der Waals surface area contributed by atoms with Crippen LogP contribution < -0.4 is 11.2 Å². The lowest BCUT2D eigenvalue weighted by atomic mass is 10.5. The molecule has 3 N–H and O–H groups in total. The maximum Gasteiger partial charge on any atom is 0.184 e. The molecule has 0 spiro atoms. The van der Waals surface area contributed by atoms with Crippen LogP contribution >= 0.6 is 23.6 Å². The fraction of sp³-hybridized carbons (Fsp3) is 0.167. The van der Waals surface area contributed by atoms with E-state index in [1.165, 1.54) is 0 Å². The van der Waals surface area contributed by atoms with Gasteiger partial charge in [-0.2, -0.15) is 5.10 Å². The fourth-order valence-electron chi connectivity index (χ4n) is 0.601. The second-order valence-electron chi connectivity index (χ2n) is 2.03. The van der Waals surface area contributed by atoms with Crippen molar-refractivity contribution in [2.75, 3.05) is 0 Å². The third-order valence-corrected chi connectivity index (χ3v) is 1.89. The van der Waals surface area contributed by atoms with Gasteiger partial charge in [0.05, 0.1) is 16.9 Å². The maximum atomic E-state index is 5.15. The van der Waals surface area contributed by atoms with E-state index in [2.05, 4.69) is 27.7 Å². The molecule has 0 radical (unpaired) electrons. The van der Waals surface area contributed by atoms with Crippen LogP contribution in [0.3, 0.4) is 0 Å². The monoisotopic (exact) mass is 200 g/mol. The fourth-order valence-corrected chi connectivity index (χ4v) is 1.22. The third-order valence-electron chi connectivity index (χ3n) is 1.01. The first-order valence-electron chi connectivity index (χ1n) is 3.19. The molecule has 0 unspecified atom stereocenters. The highest BCUT2D eigenvalue weighted by Crippen LogP contribution is 2.04. The Morgan fingerprint density at radius 1 is 1.92 bits per heavy atom. The Kier molecular flexibility index (Phi) is 3.12. The summed E-state index contributed by atoms with van der Waals surface area (Å²) in [5.41, 5.74) is 8.40. The number of thiazole rings is 1. The largest absolute Gasteiger partial charge is 0.375 e. The van der Waals surface area contributed by atoms with Gasteiger partial charge in [-0.05, 0) is 19.1 Å². The van der Waals surface area contributed by atoms with Crippen molar-refractivity contribution < 1.29 is 0 Å². The molecule has 0 atom stereocenters. The van der Waals surface area contributed by atoms with Crippen LogP contribution in [0.15, 0.2) is 10.5 Å². The molecule has 0 fully saturated rings. The standard InChI is InChI=1S/C6H8N4S2/c1-4-9-5(3-12-4)2-8-10-6(7)11/h2-3H,1H3,(H3,7,10,11). The van der Waals surface area contributed by atoms with Crippen LogP contribution in [-0.4, -0.2) is 16.3 Å². The van der Waals surface area contributed by atoms with Gasteiger partial charge in [0.15, 0.2) is 5.11 Å². The minimum Gasteiger partial charge on any atom is -0.375 e. The number of nitrogens with zero attached hydrogens (tertiary/aromatic N) is 2. The Morgan fingerprint density at radius 3 is 3.17 bits per heavy atom. The van der Waals surface area contributed by atoms with Gasteiger partial charge < -0.3 is 5.73 Å². The molecule has 64 valence electrons. The summed E-state index contributed by atoms with van der Waals surface area (Å²) < 4.78 is 0. The van der Waals surface area contributed by atoms with E-state index in [4.69, 9.17) is 5.73 Å². The van der Waals surface area contributed by atoms with E-state index < -0.39 is 0 Å². The molecule has 1 aromatic heterocycles. The minimum atomic E-state index is 0.151. The summed E-state index contributed by atoms with van der Waals surface area (Å²) in [6, 6.07) is 0. The number of nitrogens with two attached hydrogens (primary N) is 1. The minimum absolute atomic E-state index is 0.151. The number of hydrogen-bond acceptors (Lipinski definition) is 4. The van der Waals surface area contributed by atoms with Crippen LogP contribution in [0.4, 0.5) is 0 Å². The van der Waals surface area contributed by atoms with Crippen LogP contribution in [0.1, 0.15) is 10.7 Å². The van der Waals surface area contributed by atoms with Crippen LogP contribution in [0.25, 0.3) is 0 Å². The molecule has 0 aliphatic carbocycles. The number of hydrazone groups is 1. The highest BCUT2D eigenvalue weighted by molar-refractivity contribution is 7.80. The van der Waals surface area contributed by atoms with Crippen molar-refractivity contribution in [3.63, 3.8) is 0 Å². The first kappa shape index (κ1) is 9.08. The van der Waals surface area contributed by atoms with Crippen molar-refractivity contribution in [2.45, 2.75) is 6.92 Å². The zero-order valence-corrected chi connectivity index (χ0v) is 8.08. The number of rotatable bonds is 2. The van der Waals surface area contributed by atoms with Crippen molar-refractivity contribution in [1.82, 2.24) is 10.4 Å². The van der Waals surface area contributed by atoms with Crippen molar-refractivity contribution in [3.8, 4) is 0 Å². The summed E-state index contributed by atoms with van der Waals surface area (Å²) in [4.78, 5) is 4.15. The van der Waals surface area contributed by atoms with Crippen molar-refractivity contribution in [3.05, 3.63) is 16.1 Å². The van der Waals surface area contributed by atoms with Gasteiger partial charge in [0.25, 0.3) is 0 Å². The molecule has 6 heteroatoms. The van der Waals surface area contributed by atoms with Crippen molar-refractivity contribution in [1.29, 1.82) is 0 Å². The number of aromatic nitrogens is 1. The number of aryl methyl sites for hydroxylation is 1. The highest BCUT2D eigenvalue weighted by Gasteiger charge is 1.92. The summed E-state index contributed by atoms with van der Waals surface area (Å²) in [7, 11) is 0. The normalized spacial score (nSPS) is 10.4. The molecule has 0 aliphatic heterocycles. The second kappa shape index (κ2) is 4.13. The molecule has 1 aromatic rings. The Hall–Kier alpha value is -1.01. The average molecular weight is 200 g/mol. The van der Waals surface area contributed by atoms with Crippen LogP contribution in [0.5, 0.6) is 0 Å². The van der Waals surface area contributed by atoms with Crippen LogP contribution in [-0.2, 0) is 0 Å². The molecule has 0 aromatic carbocycles. The molecule has 0 saturated heterocycles. The average Bonchev–Trinajstić information content (AvgIpc) is 2.35. The Bertz CT molecular complexity index is 304. The zero-order valence-electron chi connectivity index (χ0n) is 6.44. The molecule has 4 nitrogen and oxygen atoms in total. The van der Waals surface area contributed by atoms with E-state index in [1.807, 2.05) is 12.3 Å². The van der Waals surface area contributed by atoms with Crippen molar-refractivity contribution >= 4 is 34.9 Å². The topological polar surface area (TPSA) is 63.3 Å². The lowest BCUT2D eigenvalue weighted by Crippen LogP contribution is -2.24. The second-order valence-corrected chi connectivity index (χ2v) is 3.53. The van der Waals surface area contributed by atoms with Gasteiger partial charge in [-0.15, -0.1) is 11.3 Å². The molecular formula is C6H8N4S2. The van der Waals surface area contributed by atoms with Gasteiger partial charge in [-0.25, -0.2) is 4.98 Å². The SMILES string of the molecule is Cc1nc(C=NNC(N)=S)cs1. The van der Waals surface area contributed by atoms with Gasteiger partial charge in [0, 0.05) is 5.38 Å². The molecule has 12 heavy (non-hydrogen) atoms. The lowest BCUT2D eigenvalue weighted by molar-refractivity contribution is 1.04. The summed E-state index contributed by atoms with van der Waals surface area (Å²) in [5, 5.41) is 6.82. The predicted molar refractivity (Wildman–Crippen MR) is 54.4 cm³/mol. The molecular weight excluding hydrogens is 192 g/mol. The Balaban J connectivity index is 2.52. The van der Waals surface area contributed by atoms with E-state index in [1.54, 1.807) is 17.6 Å². The lowest BCUT2D eigenvalue weighted by Gasteiger charge is -1.90. The molecule has 1 rings (SSSR count). The van der Waals surface area contributed by atoms with Gasteiger partial charge in [-0.3, -0.25) is 5.43 Å².